The highest BCUT2D eigenvalue weighted by molar-refractivity contribution is 5.95. The number of aliphatic carboxylic acids is 1. The molecule has 0 aliphatic heterocycles. The maximum absolute atomic E-state index is 11.6. The topological polar surface area (TPSA) is 95.1 Å². The summed E-state index contributed by atoms with van der Waals surface area (Å²) in [5.74, 6) is -1.60. The number of anilines is 1. The lowest BCUT2D eigenvalue weighted by Gasteiger charge is -2.31. The van der Waals surface area contributed by atoms with Gasteiger partial charge in [-0.1, -0.05) is 0 Å². The first kappa shape index (κ1) is 9.70. The largest absolute Gasteiger partial charge is 0.481 e. The lowest BCUT2D eigenvalue weighted by molar-refractivity contribution is -0.151. The van der Waals surface area contributed by atoms with Gasteiger partial charge in [-0.15, -0.1) is 0 Å². The van der Waals surface area contributed by atoms with Crippen molar-refractivity contribution in [2.75, 3.05) is 5.32 Å². The summed E-state index contributed by atoms with van der Waals surface area (Å²) in [7, 11) is 0. The molecule has 1 aromatic heterocycles. The van der Waals surface area contributed by atoms with Crippen LogP contribution in [0.1, 0.15) is 12.8 Å². The van der Waals surface area contributed by atoms with E-state index in [-0.39, 0.29) is 5.91 Å². The average Bonchev–Trinajstić information content (AvgIpc) is 2.52. The number of carboxylic acids is 1. The van der Waals surface area contributed by atoms with Crippen molar-refractivity contribution in [2.24, 2.45) is 11.8 Å². The van der Waals surface area contributed by atoms with Crippen LogP contribution in [0, 0.1) is 11.8 Å². The van der Waals surface area contributed by atoms with Crippen LogP contribution in [0.15, 0.2) is 12.3 Å². The molecular formula is C9H11N3O3. The van der Waals surface area contributed by atoms with Crippen molar-refractivity contribution in [2.45, 2.75) is 12.8 Å². The predicted octanol–water partition coefficient (Wildman–Crippen LogP) is 0.459. The van der Waals surface area contributed by atoms with Gasteiger partial charge in [0.2, 0.25) is 5.91 Å². The van der Waals surface area contributed by atoms with Gasteiger partial charge in [0, 0.05) is 6.07 Å². The van der Waals surface area contributed by atoms with Gasteiger partial charge in [-0.05, 0) is 12.8 Å². The molecule has 0 aromatic carbocycles. The molecule has 1 heterocycles. The van der Waals surface area contributed by atoms with E-state index in [9.17, 15) is 9.59 Å². The fraction of sp³-hybridized carbons (Fsp3) is 0.444. The molecule has 0 radical (unpaired) electrons. The molecule has 1 saturated carbocycles. The number of carbonyl (C=O) groups is 2. The van der Waals surface area contributed by atoms with Gasteiger partial charge in [-0.3, -0.25) is 14.7 Å². The highest BCUT2D eigenvalue weighted by Crippen LogP contribution is 2.35. The number of nitrogens with one attached hydrogen (secondary N) is 2. The molecule has 2 rings (SSSR count). The lowest BCUT2D eigenvalue weighted by Crippen LogP contribution is -2.41. The molecule has 0 saturated heterocycles. The summed E-state index contributed by atoms with van der Waals surface area (Å²) in [5, 5.41) is 17.6. The second kappa shape index (κ2) is 3.72. The van der Waals surface area contributed by atoms with Crippen LogP contribution < -0.4 is 5.32 Å². The first-order chi connectivity index (χ1) is 7.18. The first-order valence-electron chi connectivity index (χ1n) is 4.71. The number of rotatable bonds is 3. The molecule has 80 valence electrons. The van der Waals surface area contributed by atoms with Gasteiger partial charge in [0.1, 0.15) is 5.82 Å². The van der Waals surface area contributed by atoms with Crippen molar-refractivity contribution in [1.29, 1.82) is 0 Å². The van der Waals surface area contributed by atoms with E-state index < -0.39 is 17.8 Å². The summed E-state index contributed by atoms with van der Waals surface area (Å²) >= 11 is 0. The number of carboxylic acid groups (broad SMARTS) is 1. The van der Waals surface area contributed by atoms with Gasteiger partial charge in [0.05, 0.1) is 18.0 Å². The van der Waals surface area contributed by atoms with E-state index in [1.807, 2.05) is 0 Å². The highest BCUT2D eigenvalue weighted by Gasteiger charge is 2.41. The van der Waals surface area contributed by atoms with Crippen molar-refractivity contribution in [3.63, 3.8) is 0 Å². The normalized spacial score (nSPS) is 24.3. The maximum Gasteiger partial charge on any atom is 0.307 e. The third-order valence-corrected chi connectivity index (χ3v) is 2.69. The molecule has 1 aliphatic carbocycles. The van der Waals surface area contributed by atoms with Crippen LogP contribution in [-0.2, 0) is 9.59 Å². The van der Waals surface area contributed by atoms with Crippen molar-refractivity contribution in [3.05, 3.63) is 12.3 Å². The zero-order valence-electron chi connectivity index (χ0n) is 7.93. The zero-order valence-corrected chi connectivity index (χ0v) is 7.93. The fourth-order valence-corrected chi connectivity index (χ4v) is 1.66. The SMILES string of the molecule is O=C(O)C1CCC1C(=O)Nc1ccn[nH]1. The summed E-state index contributed by atoms with van der Waals surface area (Å²) < 4.78 is 0. The molecular weight excluding hydrogens is 198 g/mol. The number of amides is 1. The summed E-state index contributed by atoms with van der Waals surface area (Å²) in [4.78, 5) is 22.3. The Bertz CT molecular complexity index is 374. The second-order valence-corrected chi connectivity index (χ2v) is 3.59. The molecule has 2 unspecified atom stereocenters. The Morgan fingerprint density at radius 3 is 2.67 bits per heavy atom. The van der Waals surface area contributed by atoms with E-state index in [0.29, 0.717) is 18.7 Å². The van der Waals surface area contributed by atoms with Gasteiger partial charge in [-0.25, -0.2) is 0 Å². The van der Waals surface area contributed by atoms with Crippen LogP contribution in [-0.4, -0.2) is 27.2 Å². The minimum atomic E-state index is -0.897. The Morgan fingerprint density at radius 1 is 1.47 bits per heavy atom. The average molecular weight is 209 g/mol. The quantitative estimate of drug-likeness (QED) is 0.673. The number of hydrogen-bond donors (Lipinski definition) is 3. The van der Waals surface area contributed by atoms with Crippen molar-refractivity contribution < 1.29 is 14.7 Å². The molecule has 2 atom stereocenters. The summed E-state index contributed by atoms with van der Waals surface area (Å²) in [6.45, 7) is 0. The number of aromatic nitrogens is 2. The Morgan fingerprint density at radius 2 is 2.20 bits per heavy atom. The summed E-state index contributed by atoms with van der Waals surface area (Å²) in [6, 6.07) is 1.62. The van der Waals surface area contributed by atoms with Crippen LogP contribution >= 0.6 is 0 Å². The van der Waals surface area contributed by atoms with Gasteiger partial charge in [0.15, 0.2) is 0 Å². The van der Waals surface area contributed by atoms with Crippen LogP contribution in [0.3, 0.4) is 0 Å². The van der Waals surface area contributed by atoms with E-state index >= 15 is 0 Å². The lowest BCUT2D eigenvalue weighted by atomic mass is 9.73. The molecule has 1 aliphatic rings. The Hall–Kier alpha value is -1.85. The van der Waals surface area contributed by atoms with Crippen LogP contribution in [0.5, 0.6) is 0 Å². The van der Waals surface area contributed by atoms with E-state index in [0.717, 1.165) is 0 Å². The molecule has 1 fully saturated rings. The molecule has 0 spiro atoms. The third-order valence-electron chi connectivity index (χ3n) is 2.69. The molecule has 6 heteroatoms. The van der Waals surface area contributed by atoms with E-state index in [2.05, 4.69) is 15.5 Å². The highest BCUT2D eigenvalue weighted by atomic mass is 16.4. The van der Waals surface area contributed by atoms with E-state index in [1.165, 1.54) is 6.20 Å². The van der Waals surface area contributed by atoms with Gasteiger partial charge >= 0.3 is 5.97 Å². The third kappa shape index (κ3) is 1.83. The Labute approximate surface area is 85.7 Å². The van der Waals surface area contributed by atoms with Gasteiger partial charge < -0.3 is 10.4 Å². The fourth-order valence-electron chi connectivity index (χ4n) is 1.66. The van der Waals surface area contributed by atoms with E-state index in [1.54, 1.807) is 6.07 Å². The number of hydrogen-bond acceptors (Lipinski definition) is 3. The maximum atomic E-state index is 11.6. The number of H-pyrrole nitrogens is 1. The van der Waals surface area contributed by atoms with Crippen LogP contribution in [0.25, 0.3) is 0 Å². The molecule has 3 N–H and O–H groups in total. The van der Waals surface area contributed by atoms with Crippen molar-refractivity contribution in [3.8, 4) is 0 Å². The molecule has 15 heavy (non-hydrogen) atoms. The van der Waals surface area contributed by atoms with Gasteiger partial charge in [0.25, 0.3) is 0 Å². The number of nitrogens with zero attached hydrogens (tertiary/aromatic N) is 1. The molecule has 0 bridgehead atoms. The monoisotopic (exact) mass is 209 g/mol. The van der Waals surface area contributed by atoms with Gasteiger partial charge in [-0.2, -0.15) is 5.10 Å². The van der Waals surface area contributed by atoms with Crippen molar-refractivity contribution in [1.82, 2.24) is 10.2 Å². The molecule has 1 amide bonds. The Balaban J connectivity index is 1.95. The summed E-state index contributed by atoms with van der Waals surface area (Å²) in [5.41, 5.74) is 0. The minimum absolute atomic E-state index is 0.252. The zero-order chi connectivity index (χ0) is 10.8. The number of aromatic amines is 1. The summed E-state index contributed by atoms with van der Waals surface area (Å²) in [6.07, 6.45) is 2.73. The number of carbonyl (C=O) groups excluding carboxylic acids is 1. The Kier molecular flexibility index (Phi) is 2.40. The minimum Gasteiger partial charge on any atom is -0.481 e. The standard InChI is InChI=1S/C9H11N3O3/c13-8(11-7-3-4-10-12-7)5-1-2-6(5)9(14)15/h3-6H,1-2H2,(H,14,15)(H2,10,11,12,13). The molecule has 1 aromatic rings. The van der Waals surface area contributed by atoms with Crippen LogP contribution in [0.4, 0.5) is 5.82 Å². The van der Waals surface area contributed by atoms with Crippen molar-refractivity contribution >= 4 is 17.7 Å². The van der Waals surface area contributed by atoms with Crippen LogP contribution in [0.2, 0.25) is 0 Å². The predicted molar refractivity (Wildman–Crippen MR) is 51.1 cm³/mol. The first-order valence-corrected chi connectivity index (χ1v) is 4.71. The van der Waals surface area contributed by atoms with E-state index in [4.69, 9.17) is 5.11 Å². The smallest absolute Gasteiger partial charge is 0.307 e. The molecule has 6 nitrogen and oxygen atoms in total. The second-order valence-electron chi connectivity index (χ2n) is 3.59.